The number of hydrogen-bond donors (Lipinski definition) is 1. The van der Waals surface area contributed by atoms with Crippen LogP contribution in [0, 0.1) is 10.1 Å². The van der Waals surface area contributed by atoms with E-state index in [9.17, 15) is 18.5 Å². The van der Waals surface area contributed by atoms with Gasteiger partial charge in [0.15, 0.2) is 9.84 Å². The minimum absolute atomic E-state index is 0.0813. The Kier molecular flexibility index (Phi) is 5.12. The number of nitro benzene ring substituents is 1. The first-order chi connectivity index (χ1) is 9.06. The quantitative estimate of drug-likeness (QED) is 0.641. The maximum Gasteiger partial charge on any atom is 0.275 e. The number of nitro groups is 1. The third-order valence-corrected chi connectivity index (χ3v) is 5.65. The summed E-state index contributed by atoms with van der Waals surface area (Å²) in [6.07, 6.45) is 1.16. The molecule has 0 atom stereocenters. The minimum Gasteiger partial charge on any atom is -0.311 e. The second kappa shape index (κ2) is 6.07. The van der Waals surface area contributed by atoms with Gasteiger partial charge >= 0.3 is 0 Å². The maximum atomic E-state index is 11.6. The van der Waals surface area contributed by atoms with Crippen molar-refractivity contribution in [2.24, 2.45) is 0 Å². The van der Waals surface area contributed by atoms with Gasteiger partial charge in [-0.3, -0.25) is 10.1 Å². The van der Waals surface area contributed by atoms with Gasteiger partial charge in [0.1, 0.15) is 0 Å². The van der Waals surface area contributed by atoms with Crippen LogP contribution in [0.4, 0.5) is 5.69 Å². The predicted molar refractivity (Wildman–Crippen MR) is 78.7 cm³/mol. The van der Waals surface area contributed by atoms with Crippen LogP contribution in [0.3, 0.4) is 0 Å². The molecule has 0 aliphatic rings. The van der Waals surface area contributed by atoms with Gasteiger partial charge in [-0.1, -0.05) is 17.7 Å². The number of rotatable bonds is 6. The number of hydrogen-bond acceptors (Lipinski definition) is 5. The van der Waals surface area contributed by atoms with E-state index in [1.165, 1.54) is 12.1 Å². The highest BCUT2D eigenvalue weighted by Crippen LogP contribution is 2.26. The van der Waals surface area contributed by atoms with Crippen LogP contribution < -0.4 is 5.32 Å². The first-order valence-corrected chi connectivity index (χ1v) is 8.15. The number of benzene rings is 1. The summed E-state index contributed by atoms with van der Waals surface area (Å²) in [6.45, 7) is 3.50. The van der Waals surface area contributed by atoms with Gasteiger partial charge in [0.2, 0.25) is 0 Å². The second-order valence-electron chi connectivity index (χ2n) is 5.13. The molecule has 1 N–H and O–H groups in total. The molecule has 0 fully saturated rings. The lowest BCUT2D eigenvalue weighted by Gasteiger charge is -2.22. The average molecular weight is 321 g/mol. The van der Waals surface area contributed by atoms with E-state index in [0.717, 1.165) is 6.26 Å². The molecule has 0 saturated heterocycles. The molecule has 0 spiro atoms. The summed E-state index contributed by atoms with van der Waals surface area (Å²) >= 11 is 5.95. The van der Waals surface area contributed by atoms with E-state index < -0.39 is 19.5 Å². The van der Waals surface area contributed by atoms with Crippen LogP contribution in [0.5, 0.6) is 0 Å². The molecule has 1 aromatic rings. The molecule has 8 heteroatoms. The zero-order chi connectivity index (χ0) is 15.6. The van der Waals surface area contributed by atoms with Crippen LogP contribution in [0.15, 0.2) is 18.2 Å². The Labute approximate surface area is 123 Å². The first kappa shape index (κ1) is 16.9. The molecular formula is C12H17ClN2O4S. The van der Waals surface area contributed by atoms with Gasteiger partial charge < -0.3 is 5.32 Å². The Hall–Kier alpha value is -1.18. The van der Waals surface area contributed by atoms with Gasteiger partial charge in [0, 0.05) is 25.4 Å². The van der Waals surface area contributed by atoms with Crippen molar-refractivity contribution in [2.75, 3.05) is 12.8 Å². The van der Waals surface area contributed by atoms with Gasteiger partial charge in [0.05, 0.1) is 20.3 Å². The van der Waals surface area contributed by atoms with Crippen molar-refractivity contribution < 1.29 is 13.3 Å². The van der Waals surface area contributed by atoms with E-state index in [-0.39, 0.29) is 23.8 Å². The minimum atomic E-state index is -3.22. The molecule has 0 aliphatic heterocycles. The lowest BCUT2D eigenvalue weighted by molar-refractivity contribution is -0.385. The SMILES string of the molecule is CC(C)(CNCc1c(Cl)cccc1[N+](=O)[O-])S(C)(=O)=O. The Morgan fingerprint density at radius 3 is 2.50 bits per heavy atom. The van der Waals surface area contributed by atoms with E-state index in [2.05, 4.69) is 5.32 Å². The fraction of sp³-hybridized carbons (Fsp3) is 0.500. The van der Waals surface area contributed by atoms with Crippen LogP contribution in [0.1, 0.15) is 19.4 Å². The highest BCUT2D eigenvalue weighted by Gasteiger charge is 2.29. The van der Waals surface area contributed by atoms with Crippen LogP contribution in [-0.2, 0) is 16.4 Å². The third-order valence-electron chi connectivity index (χ3n) is 3.15. The molecule has 1 rings (SSSR count). The second-order valence-corrected chi connectivity index (χ2v) is 8.19. The molecule has 20 heavy (non-hydrogen) atoms. The van der Waals surface area contributed by atoms with Crippen LogP contribution in [0.2, 0.25) is 5.02 Å². The predicted octanol–water partition coefficient (Wildman–Crippen LogP) is 2.16. The van der Waals surface area contributed by atoms with Gasteiger partial charge in [-0.15, -0.1) is 0 Å². The summed E-state index contributed by atoms with van der Waals surface area (Å²) in [5.74, 6) is 0. The average Bonchev–Trinajstić information content (AvgIpc) is 2.29. The molecular weight excluding hydrogens is 304 g/mol. The monoisotopic (exact) mass is 320 g/mol. The van der Waals surface area contributed by atoms with Crippen molar-refractivity contribution in [3.05, 3.63) is 38.9 Å². The van der Waals surface area contributed by atoms with Gasteiger partial charge in [0.25, 0.3) is 5.69 Å². The maximum absolute atomic E-state index is 11.6. The molecule has 1 aromatic carbocycles. The van der Waals surface area contributed by atoms with E-state index in [0.29, 0.717) is 5.56 Å². The summed E-state index contributed by atoms with van der Waals surface area (Å²) in [4.78, 5) is 10.4. The summed E-state index contributed by atoms with van der Waals surface area (Å²) in [5.41, 5.74) is 0.269. The van der Waals surface area contributed by atoms with Gasteiger partial charge in [-0.2, -0.15) is 0 Å². The van der Waals surface area contributed by atoms with E-state index in [4.69, 9.17) is 11.6 Å². The van der Waals surface area contributed by atoms with Crippen LogP contribution in [-0.4, -0.2) is 30.9 Å². The van der Waals surface area contributed by atoms with Crippen molar-refractivity contribution in [3.8, 4) is 0 Å². The van der Waals surface area contributed by atoms with Crippen molar-refractivity contribution >= 4 is 27.1 Å². The van der Waals surface area contributed by atoms with E-state index in [1.54, 1.807) is 19.9 Å². The summed E-state index contributed by atoms with van der Waals surface area (Å²) < 4.78 is 22.2. The summed E-state index contributed by atoms with van der Waals surface area (Å²) in [6, 6.07) is 4.43. The molecule has 0 aromatic heterocycles. The Balaban J connectivity index is 2.85. The smallest absolute Gasteiger partial charge is 0.275 e. The van der Waals surface area contributed by atoms with Gasteiger partial charge in [-0.05, 0) is 19.9 Å². The number of nitrogens with zero attached hydrogens (tertiary/aromatic N) is 1. The molecule has 0 heterocycles. The van der Waals surface area contributed by atoms with E-state index >= 15 is 0 Å². The standard InChI is InChI=1S/C12H17ClN2O4S/c1-12(2,20(3,18)19)8-14-7-9-10(13)5-4-6-11(9)15(16)17/h4-6,14H,7-8H2,1-3H3. The van der Waals surface area contributed by atoms with E-state index in [1.807, 2.05) is 0 Å². The van der Waals surface area contributed by atoms with Gasteiger partial charge in [-0.25, -0.2) is 8.42 Å². The number of halogens is 1. The first-order valence-electron chi connectivity index (χ1n) is 5.88. The number of sulfone groups is 1. The highest BCUT2D eigenvalue weighted by atomic mass is 35.5. The Bertz CT molecular complexity index is 614. The van der Waals surface area contributed by atoms with Crippen LogP contribution >= 0.6 is 11.6 Å². The van der Waals surface area contributed by atoms with Crippen molar-refractivity contribution in [1.82, 2.24) is 5.32 Å². The number of nitrogens with one attached hydrogen (secondary N) is 1. The fourth-order valence-electron chi connectivity index (χ4n) is 1.51. The molecule has 0 radical (unpaired) electrons. The lowest BCUT2D eigenvalue weighted by Crippen LogP contribution is -2.41. The molecule has 0 saturated carbocycles. The molecule has 6 nitrogen and oxygen atoms in total. The third kappa shape index (κ3) is 3.91. The lowest BCUT2D eigenvalue weighted by atomic mass is 10.1. The molecule has 0 amide bonds. The van der Waals surface area contributed by atoms with Crippen molar-refractivity contribution in [3.63, 3.8) is 0 Å². The van der Waals surface area contributed by atoms with Crippen LogP contribution in [0.25, 0.3) is 0 Å². The molecule has 112 valence electrons. The largest absolute Gasteiger partial charge is 0.311 e. The molecule has 0 aliphatic carbocycles. The zero-order valence-electron chi connectivity index (χ0n) is 11.5. The topological polar surface area (TPSA) is 89.3 Å². The normalized spacial score (nSPS) is 12.4. The summed E-state index contributed by atoms with van der Waals surface area (Å²) in [5, 5.41) is 14.1. The fourth-order valence-corrected chi connectivity index (χ4v) is 2.11. The Morgan fingerprint density at radius 1 is 1.40 bits per heavy atom. The molecule has 0 unspecified atom stereocenters. The summed E-state index contributed by atoms with van der Waals surface area (Å²) in [7, 11) is -3.22. The Morgan fingerprint density at radius 2 is 2.00 bits per heavy atom. The molecule has 0 bridgehead atoms. The zero-order valence-corrected chi connectivity index (χ0v) is 13.1. The van der Waals surface area contributed by atoms with Crippen molar-refractivity contribution in [2.45, 2.75) is 25.1 Å². The van der Waals surface area contributed by atoms with Crippen molar-refractivity contribution in [1.29, 1.82) is 0 Å². The highest BCUT2D eigenvalue weighted by molar-refractivity contribution is 7.92.